The highest BCUT2D eigenvalue weighted by Gasteiger charge is 2.04. The molecule has 2 aromatic heterocycles. The number of carbonyl (C=O) groups excluding carboxylic acids is 1. The molecule has 134 valence electrons. The van der Waals surface area contributed by atoms with Crippen molar-refractivity contribution in [3.8, 4) is 11.1 Å². The highest BCUT2D eigenvalue weighted by atomic mass is 16.2. The zero-order chi connectivity index (χ0) is 18.2. The summed E-state index contributed by atoms with van der Waals surface area (Å²) < 4.78 is 1.75. The van der Waals surface area contributed by atoms with Crippen LogP contribution in [-0.2, 0) is 20.0 Å². The highest BCUT2D eigenvalue weighted by molar-refractivity contribution is 5.73. The van der Waals surface area contributed by atoms with Crippen molar-refractivity contribution in [3.63, 3.8) is 0 Å². The van der Waals surface area contributed by atoms with Gasteiger partial charge in [-0.25, -0.2) is 4.79 Å². The average Bonchev–Trinajstić information content (AvgIpc) is 3.11. The minimum absolute atomic E-state index is 0.162. The van der Waals surface area contributed by atoms with Crippen molar-refractivity contribution in [1.29, 1.82) is 0 Å². The summed E-state index contributed by atoms with van der Waals surface area (Å²) in [4.78, 5) is 16.2. The topological polar surface area (TPSA) is 71.8 Å². The van der Waals surface area contributed by atoms with E-state index in [4.69, 9.17) is 0 Å². The number of carbonyl (C=O) groups is 1. The lowest BCUT2D eigenvalue weighted by atomic mass is 10.1. The second kappa shape index (κ2) is 8.80. The Bertz CT molecular complexity index is 844. The van der Waals surface area contributed by atoms with Gasteiger partial charge in [-0.3, -0.25) is 9.67 Å². The molecule has 2 heterocycles. The number of rotatable bonds is 7. The van der Waals surface area contributed by atoms with Crippen LogP contribution in [0.25, 0.3) is 11.1 Å². The number of aryl methyl sites for hydroxylation is 2. The van der Waals surface area contributed by atoms with Gasteiger partial charge in [0.05, 0.1) is 6.20 Å². The number of amides is 2. The fourth-order valence-corrected chi connectivity index (χ4v) is 2.70. The van der Waals surface area contributed by atoms with Crippen LogP contribution in [-0.4, -0.2) is 27.3 Å². The lowest BCUT2D eigenvalue weighted by molar-refractivity contribution is 0.240. The number of aromatic nitrogens is 3. The number of hydrogen-bond acceptors (Lipinski definition) is 3. The molecule has 0 radical (unpaired) electrons. The third-order valence-corrected chi connectivity index (χ3v) is 4.06. The van der Waals surface area contributed by atoms with Crippen molar-refractivity contribution in [2.24, 2.45) is 7.05 Å². The SMILES string of the molecule is Cn1cc(-c2cncc(CNC(=O)NCCCc3ccccc3)c2)cn1. The second-order valence-corrected chi connectivity index (χ2v) is 6.18. The molecule has 2 amide bonds. The Balaban J connectivity index is 1.41. The quantitative estimate of drug-likeness (QED) is 0.644. The minimum Gasteiger partial charge on any atom is -0.338 e. The van der Waals surface area contributed by atoms with Crippen molar-refractivity contribution in [3.05, 3.63) is 72.3 Å². The van der Waals surface area contributed by atoms with E-state index in [-0.39, 0.29) is 6.03 Å². The Hall–Kier alpha value is -3.15. The zero-order valence-electron chi connectivity index (χ0n) is 14.9. The first kappa shape index (κ1) is 17.7. The molecule has 0 atom stereocenters. The van der Waals surface area contributed by atoms with E-state index in [2.05, 4.69) is 32.8 Å². The van der Waals surface area contributed by atoms with Gasteiger partial charge < -0.3 is 10.6 Å². The smallest absolute Gasteiger partial charge is 0.315 e. The third kappa shape index (κ3) is 5.17. The number of pyridine rings is 1. The van der Waals surface area contributed by atoms with Crippen molar-refractivity contribution in [2.45, 2.75) is 19.4 Å². The molecular weight excluding hydrogens is 326 g/mol. The zero-order valence-corrected chi connectivity index (χ0v) is 14.9. The molecule has 6 heteroatoms. The molecule has 0 saturated carbocycles. The van der Waals surface area contributed by atoms with E-state index < -0.39 is 0 Å². The van der Waals surface area contributed by atoms with E-state index in [0.29, 0.717) is 13.1 Å². The van der Waals surface area contributed by atoms with Crippen LogP contribution in [0.3, 0.4) is 0 Å². The maximum atomic E-state index is 11.9. The monoisotopic (exact) mass is 349 g/mol. The molecule has 3 aromatic rings. The molecular formula is C20H23N5O. The molecule has 0 unspecified atom stereocenters. The minimum atomic E-state index is -0.162. The average molecular weight is 349 g/mol. The van der Waals surface area contributed by atoms with Crippen molar-refractivity contribution >= 4 is 6.03 Å². The highest BCUT2D eigenvalue weighted by Crippen LogP contribution is 2.18. The molecule has 2 N–H and O–H groups in total. The van der Waals surface area contributed by atoms with Crippen LogP contribution in [0, 0.1) is 0 Å². The van der Waals surface area contributed by atoms with Crippen LogP contribution in [0.2, 0.25) is 0 Å². The number of hydrogen-bond donors (Lipinski definition) is 2. The van der Waals surface area contributed by atoms with Gasteiger partial charge in [0.1, 0.15) is 0 Å². The van der Waals surface area contributed by atoms with E-state index in [1.807, 2.05) is 37.5 Å². The summed E-state index contributed by atoms with van der Waals surface area (Å²) in [5, 5.41) is 9.93. The second-order valence-electron chi connectivity index (χ2n) is 6.18. The maximum Gasteiger partial charge on any atom is 0.315 e. The molecule has 3 rings (SSSR count). The Morgan fingerprint density at radius 2 is 1.88 bits per heavy atom. The standard InChI is InChI=1S/C20H23N5O/c1-25-15-19(14-24-25)18-10-17(11-21-13-18)12-23-20(26)22-9-5-8-16-6-3-2-4-7-16/h2-4,6-7,10-11,13-15H,5,8-9,12H2,1H3,(H2,22,23,26). The van der Waals surface area contributed by atoms with Gasteiger partial charge in [-0.05, 0) is 30.0 Å². The van der Waals surface area contributed by atoms with Crippen LogP contribution in [0.1, 0.15) is 17.5 Å². The summed E-state index contributed by atoms with van der Waals surface area (Å²) in [5.74, 6) is 0. The summed E-state index contributed by atoms with van der Waals surface area (Å²) in [6.07, 6.45) is 9.16. The van der Waals surface area contributed by atoms with Gasteiger partial charge in [-0.2, -0.15) is 5.10 Å². The van der Waals surface area contributed by atoms with E-state index in [1.165, 1.54) is 5.56 Å². The van der Waals surface area contributed by atoms with Crippen LogP contribution in [0.15, 0.2) is 61.2 Å². The predicted octanol–water partition coefficient (Wildman–Crippen LogP) is 2.91. The Labute approximate surface area is 153 Å². The van der Waals surface area contributed by atoms with E-state index >= 15 is 0 Å². The molecule has 0 saturated heterocycles. The summed E-state index contributed by atoms with van der Waals surface area (Å²) in [5.41, 5.74) is 4.23. The number of nitrogens with one attached hydrogen (secondary N) is 2. The van der Waals surface area contributed by atoms with Crippen molar-refractivity contribution in [2.75, 3.05) is 6.54 Å². The van der Waals surface area contributed by atoms with Gasteiger partial charge in [0.15, 0.2) is 0 Å². The maximum absolute atomic E-state index is 11.9. The number of benzene rings is 1. The van der Waals surface area contributed by atoms with Crippen LogP contribution in [0.4, 0.5) is 4.79 Å². The van der Waals surface area contributed by atoms with E-state index in [0.717, 1.165) is 29.5 Å². The summed E-state index contributed by atoms with van der Waals surface area (Å²) >= 11 is 0. The summed E-state index contributed by atoms with van der Waals surface area (Å²) in [7, 11) is 1.88. The number of urea groups is 1. The van der Waals surface area contributed by atoms with Gasteiger partial charge in [0.25, 0.3) is 0 Å². The molecule has 0 fully saturated rings. The van der Waals surface area contributed by atoms with E-state index in [9.17, 15) is 4.79 Å². The molecule has 0 spiro atoms. The molecule has 1 aromatic carbocycles. The van der Waals surface area contributed by atoms with Gasteiger partial charge in [0.2, 0.25) is 0 Å². The van der Waals surface area contributed by atoms with Gasteiger partial charge in [0, 0.05) is 49.9 Å². The molecule has 0 bridgehead atoms. The number of nitrogens with zero attached hydrogens (tertiary/aromatic N) is 3. The predicted molar refractivity (Wildman–Crippen MR) is 101 cm³/mol. The van der Waals surface area contributed by atoms with Gasteiger partial charge in [-0.1, -0.05) is 30.3 Å². The first-order valence-corrected chi connectivity index (χ1v) is 8.69. The molecule has 26 heavy (non-hydrogen) atoms. The molecule has 0 aliphatic carbocycles. The first-order valence-electron chi connectivity index (χ1n) is 8.69. The van der Waals surface area contributed by atoms with Crippen LogP contribution < -0.4 is 10.6 Å². The largest absolute Gasteiger partial charge is 0.338 e. The summed E-state index contributed by atoms with van der Waals surface area (Å²) in [6, 6.07) is 12.1. The normalized spacial score (nSPS) is 10.5. The van der Waals surface area contributed by atoms with Gasteiger partial charge >= 0.3 is 6.03 Å². The molecule has 0 aliphatic rings. The molecule has 6 nitrogen and oxygen atoms in total. The van der Waals surface area contributed by atoms with Crippen molar-refractivity contribution in [1.82, 2.24) is 25.4 Å². The summed E-state index contributed by atoms with van der Waals surface area (Å²) in [6.45, 7) is 1.08. The van der Waals surface area contributed by atoms with Crippen LogP contribution in [0.5, 0.6) is 0 Å². The Kier molecular flexibility index (Phi) is 5.98. The molecule has 0 aliphatic heterocycles. The van der Waals surface area contributed by atoms with Crippen LogP contribution >= 0.6 is 0 Å². The van der Waals surface area contributed by atoms with Gasteiger partial charge in [-0.15, -0.1) is 0 Å². The van der Waals surface area contributed by atoms with Crippen molar-refractivity contribution < 1.29 is 4.79 Å². The third-order valence-electron chi connectivity index (χ3n) is 4.06. The van der Waals surface area contributed by atoms with E-state index in [1.54, 1.807) is 23.3 Å². The fourth-order valence-electron chi connectivity index (χ4n) is 2.70. The fraction of sp³-hybridized carbons (Fsp3) is 0.250. The lowest BCUT2D eigenvalue weighted by Crippen LogP contribution is -2.35. The lowest BCUT2D eigenvalue weighted by Gasteiger charge is -2.08. The Morgan fingerprint density at radius 1 is 1.04 bits per heavy atom. The Morgan fingerprint density at radius 3 is 2.65 bits per heavy atom. The first-order chi connectivity index (χ1) is 12.7.